The third-order valence-electron chi connectivity index (χ3n) is 4.99. The summed E-state index contributed by atoms with van der Waals surface area (Å²) in [6, 6.07) is 12.0. The number of carbonyl (C=O) groups is 1. The molecule has 30 heavy (non-hydrogen) atoms. The molecule has 6 nitrogen and oxygen atoms in total. The molecule has 2 saturated heterocycles. The third-order valence-corrected chi connectivity index (χ3v) is 9.01. The zero-order valence-corrected chi connectivity index (χ0v) is 19.1. The minimum Gasteiger partial charge on any atom is -0.497 e. The van der Waals surface area contributed by atoms with E-state index in [9.17, 15) is 13.2 Å². The van der Waals surface area contributed by atoms with Crippen molar-refractivity contribution in [3.8, 4) is 5.75 Å². The van der Waals surface area contributed by atoms with Crippen LogP contribution in [0.15, 0.2) is 47.5 Å². The molecule has 10 heteroatoms. The first-order valence-corrected chi connectivity index (χ1v) is 12.6. The Labute approximate surface area is 189 Å². The van der Waals surface area contributed by atoms with Crippen molar-refractivity contribution in [2.75, 3.05) is 23.5 Å². The molecule has 2 aliphatic heterocycles. The highest BCUT2D eigenvalue weighted by Crippen LogP contribution is 2.44. The Bertz CT molecular complexity index is 1120. The summed E-state index contributed by atoms with van der Waals surface area (Å²) in [6.07, 6.45) is 0.124. The van der Waals surface area contributed by atoms with Crippen LogP contribution in [0.3, 0.4) is 0 Å². The quantitative estimate of drug-likeness (QED) is 0.655. The van der Waals surface area contributed by atoms with Crippen LogP contribution in [0.4, 0.5) is 5.69 Å². The van der Waals surface area contributed by atoms with Crippen LogP contribution in [-0.2, 0) is 21.1 Å². The zero-order valence-electron chi connectivity index (χ0n) is 15.9. The largest absolute Gasteiger partial charge is 0.497 e. The first-order chi connectivity index (χ1) is 14.3. The van der Waals surface area contributed by atoms with E-state index >= 15 is 0 Å². The molecule has 158 valence electrons. The number of methoxy groups -OCH3 is 1. The number of hydrogen-bond donors (Lipinski definition) is 0. The summed E-state index contributed by atoms with van der Waals surface area (Å²) in [7, 11) is -1.59. The molecule has 0 radical (unpaired) electrons. The van der Waals surface area contributed by atoms with Crippen LogP contribution in [0.5, 0.6) is 5.75 Å². The Hall–Kier alpha value is -1.74. The standard InChI is InChI=1S/C20H18Cl2N2O4S2/c1-28-13-7-5-12(6-8-13)9-18(25)23-20-24(15-4-2-3-14(21)19(15)22)16-10-30(26,27)11-17(16)29-20/h2-8,16-17H,9-11H2,1H3/t16-,17-/m0/s1. The van der Waals surface area contributed by atoms with Crippen LogP contribution in [-0.4, -0.2) is 49.4 Å². The molecule has 0 saturated carbocycles. The monoisotopic (exact) mass is 484 g/mol. The normalized spacial score (nSPS) is 23.6. The Morgan fingerprint density at radius 3 is 2.63 bits per heavy atom. The molecule has 1 amide bonds. The number of aliphatic imine (C=N–C) groups is 1. The molecular formula is C20H18Cl2N2O4S2. The van der Waals surface area contributed by atoms with Gasteiger partial charge in [0, 0.05) is 5.25 Å². The van der Waals surface area contributed by atoms with Crippen molar-refractivity contribution in [1.29, 1.82) is 0 Å². The van der Waals surface area contributed by atoms with Crippen LogP contribution in [0.25, 0.3) is 0 Å². The second-order valence-electron chi connectivity index (χ2n) is 7.06. The summed E-state index contributed by atoms with van der Waals surface area (Å²) < 4.78 is 29.5. The Morgan fingerprint density at radius 1 is 1.20 bits per heavy atom. The molecule has 0 spiro atoms. The summed E-state index contributed by atoms with van der Waals surface area (Å²) >= 11 is 13.9. The Morgan fingerprint density at radius 2 is 1.93 bits per heavy atom. The molecular weight excluding hydrogens is 467 g/mol. The van der Waals surface area contributed by atoms with E-state index in [-0.39, 0.29) is 35.1 Å². The number of hydrogen-bond acceptors (Lipinski definition) is 5. The van der Waals surface area contributed by atoms with E-state index in [1.54, 1.807) is 42.3 Å². The van der Waals surface area contributed by atoms with E-state index in [0.717, 1.165) is 5.56 Å². The number of thioether (sulfide) groups is 1. The maximum Gasteiger partial charge on any atom is 0.252 e. The first kappa shape index (κ1) is 21.5. The number of fused-ring (bicyclic) bond motifs is 1. The smallest absolute Gasteiger partial charge is 0.252 e. The fourth-order valence-electron chi connectivity index (χ4n) is 3.59. The molecule has 2 aromatic carbocycles. The van der Waals surface area contributed by atoms with Crippen LogP contribution >= 0.6 is 35.0 Å². The molecule has 4 rings (SSSR count). The number of anilines is 1. The number of rotatable bonds is 4. The molecule has 0 aromatic heterocycles. The van der Waals surface area contributed by atoms with Gasteiger partial charge in [-0.25, -0.2) is 8.42 Å². The van der Waals surface area contributed by atoms with E-state index in [0.29, 0.717) is 26.6 Å². The number of ether oxygens (including phenoxy) is 1. The number of halogens is 2. The SMILES string of the molecule is COc1ccc(CC(=O)N=C2S[C@H]3CS(=O)(=O)C[C@@H]3N2c2cccc(Cl)c2Cl)cc1. The van der Waals surface area contributed by atoms with E-state index in [2.05, 4.69) is 4.99 Å². The summed E-state index contributed by atoms with van der Waals surface area (Å²) in [6.45, 7) is 0. The van der Waals surface area contributed by atoms with Gasteiger partial charge in [-0.05, 0) is 29.8 Å². The van der Waals surface area contributed by atoms with Crippen molar-refractivity contribution in [2.24, 2.45) is 4.99 Å². The van der Waals surface area contributed by atoms with Crippen LogP contribution in [0.2, 0.25) is 10.0 Å². The van der Waals surface area contributed by atoms with E-state index in [1.165, 1.54) is 11.8 Å². The summed E-state index contributed by atoms with van der Waals surface area (Å²) in [4.78, 5) is 18.7. The second-order valence-corrected chi connectivity index (χ2v) is 11.2. The van der Waals surface area contributed by atoms with Crippen molar-refractivity contribution in [2.45, 2.75) is 17.7 Å². The number of amides is 1. The first-order valence-electron chi connectivity index (χ1n) is 9.12. The second kappa shape index (κ2) is 8.42. The van der Waals surface area contributed by atoms with Gasteiger partial charge in [-0.3, -0.25) is 4.79 Å². The molecule has 2 aromatic rings. The lowest BCUT2D eigenvalue weighted by molar-refractivity contribution is -0.117. The highest BCUT2D eigenvalue weighted by atomic mass is 35.5. The van der Waals surface area contributed by atoms with E-state index in [1.807, 2.05) is 12.1 Å². The molecule has 2 aliphatic rings. The predicted molar refractivity (Wildman–Crippen MR) is 122 cm³/mol. The van der Waals surface area contributed by atoms with Gasteiger partial charge in [-0.2, -0.15) is 4.99 Å². The molecule has 0 aliphatic carbocycles. The number of benzene rings is 2. The third kappa shape index (κ3) is 4.32. The average molecular weight is 485 g/mol. The number of sulfone groups is 1. The molecule has 0 unspecified atom stereocenters. The maximum absolute atomic E-state index is 12.7. The minimum absolute atomic E-state index is 0.0147. The van der Waals surface area contributed by atoms with Gasteiger partial charge in [-0.15, -0.1) is 0 Å². The maximum atomic E-state index is 12.7. The Balaban J connectivity index is 1.65. The lowest BCUT2D eigenvalue weighted by atomic mass is 10.1. The van der Waals surface area contributed by atoms with Crippen molar-refractivity contribution in [3.63, 3.8) is 0 Å². The van der Waals surface area contributed by atoms with Gasteiger partial charge < -0.3 is 9.64 Å². The molecule has 0 N–H and O–H groups in total. The van der Waals surface area contributed by atoms with Crippen molar-refractivity contribution in [3.05, 3.63) is 58.1 Å². The van der Waals surface area contributed by atoms with E-state index in [4.69, 9.17) is 27.9 Å². The highest BCUT2D eigenvalue weighted by Gasteiger charge is 2.49. The minimum atomic E-state index is -3.17. The Kier molecular flexibility index (Phi) is 6.03. The van der Waals surface area contributed by atoms with Gasteiger partial charge in [0.1, 0.15) is 5.75 Å². The van der Waals surface area contributed by atoms with Crippen LogP contribution < -0.4 is 9.64 Å². The molecule has 2 fully saturated rings. The van der Waals surface area contributed by atoms with Crippen molar-refractivity contribution in [1.82, 2.24) is 0 Å². The average Bonchev–Trinajstić information content (AvgIpc) is 3.15. The lowest BCUT2D eigenvalue weighted by Crippen LogP contribution is -2.38. The fraction of sp³-hybridized carbons (Fsp3) is 0.300. The van der Waals surface area contributed by atoms with Gasteiger partial charge in [0.05, 0.1) is 46.8 Å². The van der Waals surface area contributed by atoms with Gasteiger partial charge in [0.25, 0.3) is 5.91 Å². The predicted octanol–water partition coefficient (Wildman–Crippen LogP) is 3.85. The topological polar surface area (TPSA) is 76.0 Å². The highest BCUT2D eigenvalue weighted by molar-refractivity contribution is 8.16. The molecule has 2 atom stereocenters. The number of nitrogens with zero attached hydrogens (tertiary/aromatic N) is 2. The van der Waals surface area contributed by atoms with Crippen LogP contribution in [0.1, 0.15) is 5.56 Å². The summed E-state index contributed by atoms with van der Waals surface area (Å²) in [5.74, 6) is 0.412. The van der Waals surface area contributed by atoms with Gasteiger partial charge in [0.2, 0.25) is 0 Å². The molecule has 0 bridgehead atoms. The molecule has 2 heterocycles. The van der Waals surface area contributed by atoms with Gasteiger partial charge in [-0.1, -0.05) is 53.2 Å². The van der Waals surface area contributed by atoms with Crippen molar-refractivity contribution < 1.29 is 17.9 Å². The summed E-state index contributed by atoms with van der Waals surface area (Å²) in [5, 5.41) is 0.896. The van der Waals surface area contributed by atoms with Gasteiger partial charge in [0.15, 0.2) is 15.0 Å². The summed E-state index contributed by atoms with van der Waals surface area (Å²) in [5.41, 5.74) is 1.36. The number of amidine groups is 1. The van der Waals surface area contributed by atoms with Gasteiger partial charge >= 0.3 is 0 Å². The lowest BCUT2D eigenvalue weighted by Gasteiger charge is -2.25. The zero-order chi connectivity index (χ0) is 21.5. The van der Waals surface area contributed by atoms with E-state index < -0.39 is 9.84 Å². The van der Waals surface area contributed by atoms with Crippen LogP contribution in [0, 0.1) is 0 Å². The van der Waals surface area contributed by atoms with Crippen molar-refractivity contribution >= 4 is 61.6 Å². The fourth-order valence-corrected chi connectivity index (χ4v) is 7.90. The number of carbonyl (C=O) groups excluding carboxylic acids is 1.